The molecule has 0 aliphatic rings. The Morgan fingerprint density at radius 3 is 2.65 bits per heavy atom. The van der Waals surface area contributed by atoms with Gasteiger partial charge in [0, 0.05) is 17.0 Å². The molecule has 0 radical (unpaired) electrons. The molecule has 0 atom stereocenters. The molecule has 23 heavy (non-hydrogen) atoms. The van der Waals surface area contributed by atoms with Gasteiger partial charge in [-0.25, -0.2) is 13.8 Å². The number of aromatic nitrogens is 1. The second-order valence-electron chi connectivity index (χ2n) is 4.84. The normalized spacial score (nSPS) is 11.5. The molecule has 6 heteroatoms. The molecule has 0 saturated heterocycles. The number of benzene rings is 2. The van der Waals surface area contributed by atoms with Gasteiger partial charge in [0.2, 0.25) is 5.13 Å². The van der Waals surface area contributed by atoms with Gasteiger partial charge < -0.3 is 0 Å². The van der Waals surface area contributed by atoms with E-state index in [1.54, 1.807) is 5.38 Å². The van der Waals surface area contributed by atoms with E-state index in [2.05, 4.69) is 15.5 Å². The minimum absolute atomic E-state index is 0.263. The topological polar surface area (TPSA) is 37.3 Å². The molecular weight excluding hydrogens is 316 g/mol. The molecule has 116 valence electrons. The van der Waals surface area contributed by atoms with Gasteiger partial charge in [-0.05, 0) is 24.6 Å². The first-order valence-corrected chi connectivity index (χ1v) is 7.78. The summed E-state index contributed by atoms with van der Waals surface area (Å²) in [5.74, 6) is -1.24. The molecule has 0 saturated carbocycles. The highest BCUT2D eigenvalue weighted by Gasteiger charge is 2.10. The van der Waals surface area contributed by atoms with Crippen molar-refractivity contribution in [3.63, 3.8) is 0 Å². The van der Waals surface area contributed by atoms with E-state index in [4.69, 9.17) is 0 Å². The Balaban J connectivity index is 1.77. The van der Waals surface area contributed by atoms with E-state index in [1.807, 2.05) is 37.3 Å². The molecule has 3 rings (SSSR count). The maximum absolute atomic E-state index is 13.8. The van der Waals surface area contributed by atoms with E-state index >= 15 is 0 Å². The molecule has 1 heterocycles. The van der Waals surface area contributed by atoms with Crippen molar-refractivity contribution in [2.45, 2.75) is 6.92 Å². The summed E-state index contributed by atoms with van der Waals surface area (Å²) < 4.78 is 26.7. The van der Waals surface area contributed by atoms with Gasteiger partial charge in [-0.1, -0.05) is 30.3 Å². The van der Waals surface area contributed by atoms with Gasteiger partial charge in [0.05, 0.1) is 11.4 Å². The lowest BCUT2D eigenvalue weighted by Gasteiger charge is -2.01. The number of nitrogens with zero attached hydrogens (tertiary/aromatic N) is 2. The number of halogens is 2. The molecule has 0 unspecified atom stereocenters. The predicted molar refractivity (Wildman–Crippen MR) is 89.7 cm³/mol. The van der Waals surface area contributed by atoms with Crippen LogP contribution in [0.5, 0.6) is 0 Å². The minimum Gasteiger partial charge on any atom is -0.252 e. The summed E-state index contributed by atoms with van der Waals surface area (Å²) >= 11 is 1.30. The average Bonchev–Trinajstić information content (AvgIpc) is 3.02. The van der Waals surface area contributed by atoms with Gasteiger partial charge in [-0.15, -0.1) is 11.3 Å². The van der Waals surface area contributed by atoms with E-state index < -0.39 is 11.6 Å². The van der Waals surface area contributed by atoms with Crippen LogP contribution in [-0.4, -0.2) is 10.7 Å². The van der Waals surface area contributed by atoms with Crippen LogP contribution in [0, 0.1) is 11.6 Å². The fourth-order valence-electron chi connectivity index (χ4n) is 2.02. The molecule has 0 amide bonds. The summed E-state index contributed by atoms with van der Waals surface area (Å²) in [7, 11) is 0. The highest BCUT2D eigenvalue weighted by Crippen LogP contribution is 2.27. The molecule has 0 spiro atoms. The average molecular weight is 329 g/mol. The van der Waals surface area contributed by atoms with Crippen LogP contribution >= 0.6 is 11.3 Å². The molecule has 0 fully saturated rings. The fourth-order valence-corrected chi connectivity index (χ4v) is 2.67. The molecule has 1 N–H and O–H groups in total. The first-order valence-electron chi connectivity index (χ1n) is 6.90. The second-order valence-corrected chi connectivity index (χ2v) is 5.70. The fraction of sp³-hybridized carbons (Fsp3) is 0.0588. The summed E-state index contributed by atoms with van der Waals surface area (Å²) in [5.41, 5.74) is 5.39. The quantitative estimate of drug-likeness (QED) is 0.544. The lowest BCUT2D eigenvalue weighted by molar-refractivity contribution is 0.585. The van der Waals surface area contributed by atoms with Gasteiger partial charge in [0.15, 0.2) is 0 Å². The molecule has 0 aliphatic carbocycles. The van der Waals surface area contributed by atoms with Crippen LogP contribution < -0.4 is 5.43 Å². The van der Waals surface area contributed by atoms with Crippen LogP contribution in [0.2, 0.25) is 0 Å². The lowest BCUT2D eigenvalue weighted by Crippen LogP contribution is -1.99. The van der Waals surface area contributed by atoms with E-state index in [0.29, 0.717) is 10.8 Å². The molecule has 2 aromatic carbocycles. The van der Waals surface area contributed by atoms with E-state index in [0.717, 1.165) is 17.3 Å². The van der Waals surface area contributed by atoms with Crippen LogP contribution in [0.4, 0.5) is 13.9 Å². The summed E-state index contributed by atoms with van der Waals surface area (Å²) in [6, 6.07) is 13.2. The third-order valence-corrected chi connectivity index (χ3v) is 3.97. The van der Waals surface area contributed by atoms with Gasteiger partial charge in [-0.2, -0.15) is 5.10 Å². The summed E-state index contributed by atoms with van der Waals surface area (Å²) in [5, 5.41) is 6.51. The van der Waals surface area contributed by atoms with Gasteiger partial charge in [-0.3, -0.25) is 5.43 Å². The van der Waals surface area contributed by atoms with E-state index in [1.165, 1.54) is 23.5 Å². The van der Waals surface area contributed by atoms with Crippen molar-refractivity contribution in [2.75, 3.05) is 5.43 Å². The molecule has 3 aromatic rings. The summed E-state index contributed by atoms with van der Waals surface area (Å²) in [4.78, 5) is 4.27. The van der Waals surface area contributed by atoms with Crippen molar-refractivity contribution >= 4 is 22.2 Å². The van der Waals surface area contributed by atoms with Crippen molar-refractivity contribution in [3.8, 4) is 11.3 Å². The van der Waals surface area contributed by atoms with Crippen molar-refractivity contribution in [1.29, 1.82) is 0 Å². The zero-order valence-electron chi connectivity index (χ0n) is 12.3. The molecule has 1 aromatic heterocycles. The molecule has 0 bridgehead atoms. The third kappa shape index (κ3) is 3.60. The largest absolute Gasteiger partial charge is 0.252 e. The predicted octanol–water partition coefficient (Wildman–Crippen LogP) is 4.92. The standard InChI is InChI=1S/C17H13F2N3S/c1-11(12-5-3-2-4-6-12)21-22-17-20-16(10-23-17)14-8-7-13(18)9-15(14)19/h2-10H,1H3,(H,20,22)/b21-11+. The second kappa shape index (κ2) is 6.66. The number of hydrogen-bond acceptors (Lipinski definition) is 4. The van der Waals surface area contributed by atoms with Crippen LogP contribution in [-0.2, 0) is 0 Å². The zero-order chi connectivity index (χ0) is 16.2. The molecule has 0 aliphatic heterocycles. The Hall–Kier alpha value is -2.60. The SMILES string of the molecule is C/C(=N\Nc1nc(-c2ccc(F)cc2F)cs1)c1ccccc1. The lowest BCUT2D eigenvalue weighted by atomic mass is 10.1. The zero-order valence-corrected chi connectivity index (χ0v) is 13.1. The Kier molecular flexibility index (Phi) is 4.43. The Bertz CT molecular complexity index is 844. The summed E-state index contributed by atoms with van der Waals surface area (Å²) in [6.07, 6.45) is 0. The number of thiazole rings is 1. The minimum atomic E-state index is -0.634. The first kappa shape index (κ1) is 15.3. The van der Waals surface area contributed by atoms with Crippen LogP contribution in [0.15, 0.2) is 59.0 Å². The van der Waals surface area contributed by atoms with Gasteiger partial charge in [0.25, 0.3) is 0 Å². The van der Waals surface area contributed by atoms with Crippen LogP contribution in [0.3, 0.4) is 0 Å². The van der Waals surface area contributed by atoms with Crippen molar-refractivity contribution < 1.29 is 8.78 Å². The Morgan fingerprint density at radius 2 is 1.91 bits per heavy atom. The van der Waals surface area contributed by atoms with Crippen LogP contribution in [0.25, 0.3) is 11.3 Å². The van der Waals surface area contributed by atoms with Crippen molar-refractivity contribution in [1.82, 2.24) is 4.98 Å². The number of anilines is 1. The van der Waals surface area contributed by atoms with E-state index in [9.17, 15) is 8.78 Å². The Morgan fingerprint density at radius 1 is 1.13 bits per heavy atom. The first-order chi connectivity index (χ1) is 11.1. The Labute approximate surface area is 136 Å². The number of rotatable bonds is 4. The number of hydrazone groups is 1. The highest BCUT2D eigenvalue weighted by molar-refractivity contribution is 7.14. The molecular formula is C17H13F2N3S. The number of hydrogen-bond donors (Lipinski definition) is 1. The molecule has 3 nitrogen and oxygen atoms in total. The maximum atomic E-state index is 13.8. The van der Waals surface area contributed by atoms with E-state index in [-0.39, 0.29) is 5.56 Å². The third-order valence-electron chi connectivity index (χ3n) is 3.22. The van der Waals surface area contributed by atoms with Gasteiger partial charge in [0.1, 0.15) is 11.6 Å². The smallest absolute Gasteiger partial charge is 0.203 e. The highest BCUT2D eigenvalue weighted by atomic mass is 32.1. The van der Waals surface area contributed by atoms with Crippen molar-refractivity contribution in [2.24, 2.45) is 5.10 Å². The van der Waals surface area contributed by atoms with Crippen molar-refractivity contribution in [3.05, 3.63) is 71.1 Å². The monoisotopic (exact) mass is 329 g/mol. The number of nitrogens with one attached hydrogen (secondary N) is 1. The maximum Gasteiger partial charge on any atom is 0.203 e. The van der Waals surface area contributed by atoms with Gasteiger partial charge >= 0.3 is 0 Å². The van der Waals surface area contributed by atoms with Crippen LogP contribution in [0.1, 0.15) is 12.5 Å². The summed E-state index contributed by atoms with van der Waals surface area (Å²) in [6.45, 7) is 1.89.